The van der Waals surface area contributed by atoms with E-state index in [4.69, 9.17) is 15.6 Å². The fourth-order valence-electron chi connectivity index (χ4n) is 1.52. The monoisotopic (exact) mass is 252 g/mol. The number of aliphatic carboxylic acids is 1. The Kier molecular flexibility index (Phi) is 4.97. The zero-order valence-electron chi connectivity index (χ0n) is 10.9. The average Bonchev–Trinajstić information content (AvgIpc) is 2.35. The van der Waals surface area contributed by atoms with Crippen molar-refractivity contribution in [1.29, 1.82) is 0 Å². The van der Waals surface area contributed by atoms with Crippen LogP contribution in [-0.4, -0.2) is 30.8 Å². The molecule has 0 amide bonds. The van der Waals surface area contributed by atoms with Crippen molar-refractivity contribution in [1.82, 2.24) is 0 Å². The van der Waals surface area contributed by atoms with Gasteiger partial charge in [0.2, 0.25) is 0 Å². The Bertz CT molecular complexity index is 419. The highest BCUT2D eigenvalue weighted by Crippen LogP contribution is 2.28. The minimum Gasteiger partial charge on any atom is -0.495 e. The van der Waals surface area contributed by atoms with Crippen molar-refractivity contribution >= 4 is 11.7 Å². The van der Waals surface area contributed by atoms with Gasteiger partial charge in [-0.25, -0.2) is 0 Å². The Morgan fingerprint density at radius 1 is 1.50 bits per heavy atom. The lowest BCUT2D eigenvalue weighted by molar-refractivity contribution is -0.138. The summed E-state index contributed by atoms with van der Waals surface area (Å²) >= 11 is 0. The van der Waals surface area contributed by atoms with Crippen molar-refractivity contribution in [3.05, 3.63) is 23.8 Å². The number of ether oxygens (including phenoxy) is 1. The molecule has 100 valence electrons. The van der Waals surface area contributed by atoms with Crippen molar-refractivity contribution in [3.63, 3.8) is 0 Å². The summed E-state index contributed by atoms with van der Waals surface area (Å²) < 4.78 is 5.28. The molecule has 0 spiro atoms. The molecule has 5 nitrogen and oxygen atoms in total. The van der Waals surface area contributed by atoms with E-state index in [1.165, 1.54) is 5.56 Å². The average molecular weight is 252 g/mol. The number of carboxylic acids is 1. The number of methoxy groups -OCH3 is 1. The van der Waals surface area contributed by atoms with Gasteiger partial charge in [-0.3, -0.25) is 4.79 Å². The van der Waals surface area contributed by atoms with Gasteiger partial charge in [-0.2, -0.15) is 0 Å². The maximum absolute atomic E-state index is 10.6. The first-order valence-electron chi connectivity index (χ1n) is 5.86. The quantitative estimate of drug-likeness (QED) is 0.716. The number of anilines is 1. The molecule has 1 atom stereocenters. The van der Waals surface area contributed by atoms with Gasteiger partial charge in [-0.15, -0.1) is 0 Å². The molecule has 0 aromatic heterocycles. The third kappa shape index (κ3) is 3.63. The van der Waals surface area contributed by atoms with Crippen LogP contribution in [0.2, 0.25) is 0 Å². The molecule has 0 saturated heterocycles. The molecule has 1 aromatic rings. The van der Waals surface area contributed by atoms with Gasteiger partial charge in [0.1, 0.15) is 11.8 Å². The molecule has 18 heavy (non-hydrogen) atoms. The smallest absolute Gasteiger partial charge is 0.322 e. The second-order valence-corrected chi connectivity index (χ2v) is 4.44. The summed E-state index contributed by atoms with van der Waals surface area (Å²) in [6, 6.07) is 4.88. The van der Waals surface area contributed by atoms with E-state index in [2.05, 4.69) is 19.2 Å². The topological polar surface area (TPSA) is 84.6 Å². The minimum atomic E-state index is -1.03. The first kappa shape index (κ1) is 14.3. The summed E-state index contributed by atoms with van der Waals surface area (Å²) in [5, 5.41) is 11.7. The normalized spacial score (nSPS) is 12.3. The molecule has 1 aromatic carbocycles. The number of benzene rings is 1. The van der Waals surface area contributed by atoms with Crippen LogP contribution in [0.3, 0.4) is 0 Å². The first-order valence-corrected chi connectivity index (χ1v) is 5.86. The number of hydrogen-bond acceptors (Lipinski definition) is 4. The van der Waals surface area contributed by atoms with E-state index in [9.17, 15) is 4.79 Å². The van der Waals surface area contributed by atoms with Crippen LogP contribution in [0.25, 0.3) is 0 Å². The van der Waals surface area contributed by atoms with Gasteiger partial charge in [0.25, 0.3) is 0 Å². The van der Waals surface area contributed by atoms with Gasteiger partial charge in [-0.1, -0.05) is 19.9 Å². The number of carboxylic acid groups (broad SMARTS) is 1. The molecule has 5 heteroatoms. The number of carbonyl (C=O) groups is 1. The number of nitrogens with two attached hydrogens (primary N) is 1. The van der Waals surface area contributed by atoms with Crippen LogP contribution in [0.1, 0.15) is 25.3 Å². The summed E-state index contributed by atoms with van der Waals surface area (Å²) in [4.78, 5) is 10.6. The van der Waals surface area contributed by atoms with Crippen LogP contribution in [-0.2, 0) is 4.79 Å². The van der Waals surface area contributed by atoms with Crippen LogP contribution in [0.5, 0.6) is 5.75 Å². The SMILES string of the molecule is COc1cc(C(C)C)ccc1NCC(N)C(=O)O. The summed E-state index contributed by atoms with van der Waals surface area (Å²) in [5.74, 6) is 0.0771. The molecule has 4 N–H and O–H groups in total. The minimum absolute atomic E-state index is 0.159. The molecule has 0 bridgehead atoms. The highest BCUT2D eigenvalue weighted by Gasteiger charge is 2.12. The predicted octanol–water partition coefficient (Wildman–Crippen LogP) is 1.64. The van der Waals surface area contributed by atoms with Crippen molar-refractivity contribution in [2.24, 2.45) is 5.73 Å². The van der Waals surface area contributed by atoms with Crippen LogP contribution in [0, 0.1) is 0 Å². The third-order valence-electron chi connectivity index (χ3n) is 2.72. The molecule has 0 aliphatic carbocycles. The Hall–Kier alpha value is -1.75. The van der Waals surface area contributed by atoms with E-state index < -0.39 is 12.0 Å². The van der Waals surface area contributed by atoms with E-state index in [0.29, 0.717) is 11.7 Å². The van der Waals surface area contributed by atoms with Crippen molar-refractivity contribution in [3.8, 4) is 5.75 Å². The van der Waals surface area contributed by atoms with E-state index in [1.807, 2.05) is 18.2 Å². The molecule has 0 saturated carbocycles. The molecule has 0 radical (unpaired) electrons. The fraction of sp³-hybridized carbons (Fsp3) is 0.462. The molecule has 0 aliphatic heterocycles. The number of nitrogens with one attached hydrogen (secondary N) is 1. The largest absolute Gasteiger partial charge is 0.495 e. The molecule has 0 aliphatic rings. The molecular weight excluding hydrogens is 232 g/mol. The molecule has 0 heterocycles. The van der Waals surface area contributed by atoms with Gasteiger partial charge in [0.15, 0.2) is 0 Å². The van der Waals surface area contributed by atoms with Gasteiger partial charge in [0, 0.05) is 6.54 Å². The Morgan fingerprint density at radius 3 is 2.67 bits per heavy atom. The maximum atomic E-state index is 10.6. The first-order chi connectivity index (χ1) is 8.45. The van der Waals surface area contributed by atoms with Gasteiger partial charge >= 0.3 is 5.97 Å². The zero-order chi connectivity index (χ0) is 13.7. The van der Waals surface area contributed by atoms with Gasteiger partial charge in [0.05, 0.1) is 12.8 Å². The van der Waals surface area contributed by atoms with E-state index >= 15 is 0 Å². The van der Waals surface area contributed by atoms with E-state index in [1.54, 1.807) is 7.11 Å². The van der Waals surface area contributed by atoms with E-state index in [-0.39, 0.29) is 6.54 Å². The Morgan fingerprint density at radius 2 is 2.17 bits per heavy atom. The predicted molar refractivity (Wildman–Crippen MR) is 71.2 cm³/mol. The fourth-order valence-corrected chi connectivity index (χ4v) is 1.52. The summed E-state index contributed by atoms with van der Waals surface area (Å²) in [7, 11) is 1.59. The Balaban J connectivity index is 2.80. The second kappa shape index (κ2) is 6.26. The lowest BCUT2D eigenvalue weighted by Gasteiger charge is -2.15. The lowest BCUT2D eigenvalue weighted by atomic mass is 10.0. The number of rotatable bonds is 6. The van der Waals surface area contributed by atoms with Crippen LogP contribution in [0.4, 0.5) is 5.69 Å². The molecule has 1 unspecified atom stereocenters. The van der Waals surface area contributed by atoms with Gasteiger partial charge in [-0.05, 0) is 23.6 Å². The highest BCUT2D eigenvalue weighted by atomic mass is 16.5. The van der Waals surface area contributed by atoms with Crippen LogP contribution < -0.4 is 15.8 Å². The van der Waals surface area contributed by atoms with Crippen molar-refractivity contribution in [2.75, 3.05) is 19.0 Å². The standard InChI is InChI=1S/C13H20N2O3/c1-8(2)9-4-5-11(12(6-9)18-3)15-7-10(14)13(16)17/h4-6,8,10,15H,7,14H2,1-3H3,(H,16,17). The summed E-state index contributed by atoms with van der Waals surface area (Å²) in [6.07, 6.45) is 0. The maximum Gasteiger partial charge on any atom is 0.322 e. The van der Waals surface area contributed by atoms with Crippen LogP contribution >= 0.6 is 0 Å². The summed E-state index contributed by atoms with van der Waals surface area (Å²) in [6.45, 7) is 4.36. The molecule has 1 rings (SSSR count). The molecule has 0 fully saturated rings. The summed E-state index contributed by atoms with van der Waals surface area (Å²) in [5.41, 5.74) is 7.35. The van der Waals surface area contributed by atoms with Crippen LogP contribution in [0.15, 0.2) is 18.2 Å². The Labute approximate surface area is 107 Å². The highest BCUT2D eigenvalue weighted by molar-refractivity contribution is 5.74. The lowest BCUT2D eigenvalue weighted by Crippen LogP contribution is -2.37. The molecular formula is C13H20N2O3. The zero-order valence-corrected chi connectivity index (χ0v) is 10.9. The van der Waals surface area contributed by atoms with Gasteiger partial charge < -0.3 is 20.9 Å². The third-order valence-corrected chi connectivity index (χ3v) is 2.72. The van der Waals surface area contributed by atoms with E-state index in [0.717, 1.165) is 5.69 Å². The van der Waals surface area contributed by atoms with Crippen molar-refractivity contribution < 1.29 is 14.6 Å². The number of hydrogen-bond donors (Lipinski definition) is 3. The second-order valence-electron chi connectivity index (χ2n) is 4.44. The van der Waals surface area contributed by atoms with Crippen molar-refractivity contribution in [2.45, 2.75) is 25.8 Å².